The van der Waals surface area contributed by atoms with Crippen LogP contribution < -0.4 is 5.32 Å². The van der Waals surface area contributed by atoms with E-state index in [0.717, 1.165) is 23.5 Å². The lowest BCUT2D eigenvalue weighted by molar-refractivity contribution is 0.585. The number of aromatic nitrogens is 2. The molecule has 6 heteroatoms. The van der Waals surface area contributed by atoms with E-state index in [-0.39, 0.29) is 10.7 Å². The van der Waals surface area contributed by atoms with Crippen molar-refractivity contribution in [3.63, 3.8) is 0 Å². The van der Waals surface area contributed by atoms with Crippen molar-refractivity contribution >= 4 is 17.3 Å². The van der Waals surface area contributed by atoms with Crippen molar-refractivity contribution in [2.24, 2.45) is 0 Å². The summed E-state index contributed by atoms with van der Waals surface area (Å²) in [4.78, 5) is 6.96. The molecule has 2 N–H and O–H groups in total. The molecule has 0 aliphatic carbocycles. The lowest BCUT2D eigenvalue weighted by atomic mass is 10.2. The standard InChI is InChI=1S/C11H10ClF2N3/c1-6-10(17-5-16-6)4-15-11-8(12)2-7(13)3-9(11)14/h2-3,5,15H,4H2,1H3,(H,16,17). The van der Waals surface area contributed by atoms with Gasteiger partial charge in [-0.15, -0.1) is 0 Å². The summed E-state index contributed by atoms with van der Waals surface area (Å²) in [6.45, 7) is 2.17. The number of hydrogen-bond acceptors (Lipinski definition) is 2. The van der Waals surface area contributed by atoms with Gasteiger partial charge < -0.3 is 10.3 Å². The van der Waals surface area contributed by atoms with Crippen molar-refractivity contribution < 1.29 is 8.78 Å². The zero-order chi connectivity index (χ0) is 12.4. The lowest BCUT2D eigenvalue weighted by Gasteiger charge is -2.08. The molecule has 0 aliphatic heterocycles. The fraction of sp³-hybridized carbons (Fsp3) is 0.182. The maximum Gasteiger partial charge on any atom is 0.150 e. The Kier molecular flexibility index (Phi) is 3.28. The highest BCUT2D eigenvalue weighted by Gasteiger charge is 2.10. The van der Waals surface area contributed by atoms with Crippen LogP contribution in [0.15, 0.2) is 18.5 Å². The van der Waals surface area contributed by atoms with Crippen LogP contribution in [0.2, 0.25) is 5.02 Å². The second-order valence-electron chi connectivity index (χ2n) is 3.57. The van der Waals surface area contributed by atoms with Gasteiger partial charge in [0.15, 0.2) is 5.82 Å². The Morgan fingerprint density at radius 3 is 2.76 bits per heavy atom. The number of H-pyrrole nitrogens is 1. The fourth-order valence-corrected chi connectivity index (χ4v) is 1.71. The van der Waals surface area contributed by atoms with E-state index in [9.17, 15) is 8.78 Å². The summed E-state index contributed by atoms with van der Waals surface area (Å²) >= 11 is 5.74. The Morgan fingerprint density at radius 1 is 1.41 bits per heavy atom. The number of aromatic amines is 1. The molecule has 1 heterocycles. The summed E-state index contributed by atoms with van der Waals surface area (Å²) in [5.41, 5.74) is 1.72. The van der Waals surface area contributed by atoms with Crippen LogP contribution in [0.1, 0.15) is 11.4 Å². The van der Waals surface area contributed by atoms with E-state index < -0.39 is 11.6 Å². The number of aryl methyl sites for hydroxylation is 1. The molecule has 1 aromatic heterocycles. The van der Waals surface area contributed by atoms with Gasteiger partial charge in [0, 0.05) is 11.8 Å². The molecule has 0 atom stereocenters. The van der Waals surface area contributed by atoms with Gasteiger partial charge in [0.1, 0.15) is 5.82 Å². The van der Waals surface area contributed by atoms with Crippen LogP contribution in [0.25, 0.3) is 0 Å². The third-order valence-corrected chi connectivity index (χ3v) is 2.67. The SMILES string of the molecule is Cc1[nH]cnc1CNc1c(F)cc(F)cc1Cl. The van der Waals surface area contributed by atoms with Gasteiger partial charge in [-0.25, -0.2) is 13.8 Å². The normalized spacial score (nSPS) is 10.6. The molecule has 0 radical (unpaired) electrons. The summed E-state index contributed by atoms with van der Waals surface area (Å²) in [5.74, 6) is -1.42. The molecular weight excluding hydrogens is 248 g/mol. The monoisotopic (exact) mass is 257 g/mol. The van der Waals surface area contributed by atoms with Crippen molar-refractivity contribution in [1.29, 1.82) is 0 Å². The highest BCUT2D eigenvalue weighted by Crippen LogP contribution is 2.26. The Labute approximate surface area is 102 Å². The van der Waals surface area contributed by atoms with Crippen molar-refractivity contribution in [2.75, 3.05) is 5.32 Å². The van der Waals surface area contributed by atoms with Gasteiger partial charge >= 0.3 is 0 Å². The largest absolute Gasteiger partial charge is 0.376 e. The number of nitrogens with zero attached hydrogens (tertiary/aromatic N) is 1. The molecule has 17 heavy (non-hydrogen) atoms. The zero-order valence-electron chi connectivity index (χ0n) is 9.02. The van der Waals surface area contributed by atoms with Crippen molar-refractivity contribution in [3.05, 3.63) is 46.5 Å². The van der Waals surface area contributed by atoms with Gasteiger partial charge in [0.2, 0.25) is 0 Å². The van der Waals surface area contributed by atoms with Crippen molar-refractivity contribution in [1.82, 2.24) is 9.97 Å². The molecule has 0 bridgehead atoms. The van der Waals surface area contributed by atoms with Gasteiger partial charge in [0.25, 0.3) is 0 Å². The second-order valence-corrected chi connectivity index (χ2v) is 3.98. The van der Waals surface area contributed by atoms with E-state index in [0.29, 0.717) is 6.54 Å². The van der Waals surface area contributed by atoms with Crippen LogP contribution in [0.4, 0.5) is 14.5 Å². The molecule has 1 aromatic carbocycles. The molecule has 90 valence electrons. The quantitative estimate of drug-likeness (QED) is 0.886. The predicted molar refractivity (Wildman–Crippen MR) is 62.0 cm³/mol. The van der Waals surface area contributed by atoms with E-state index >= 15 is 0 Å². The van der Waals surface area contributed by atoms with Crippen molar-refractivity contribution in [2.45, 2.75) is 13.5 Å². The van der Waals surface area contributed by atoms with E-state index in [2.05, 4.69) is 15.3 Å². The number of halogens is 3. The Balaban J connectivity index is 2.17. The first-order chi connectivity index (χ1) is 8.08. The lowest BCUT2D eigenvalue weighted by Crippen LogP contribution is -2.04. The van der Waals surface area contributed by atoms with Crippen LogP contribution in [0.3, 0.4) is 0 Å². The number of benzene rings is 1. The summed E-state index contributed by atoms with van der Waals surface area (Å²) in [6, 6.07) is 1.84. The summed E-state index contributed by atoms with van der Waals surface area (Å²) in [7, 11) is 0. The van der Waals surface area contributed by atoms with E-state index in [1.807, 2.05) is 6.92 Å². The maximum atomic E-state index is 13.4. The summed E-state index contributed by atoms with van der Waals surface area (Å²) in [6.07, 6.45) is 1.55. The maximum absolute atomic E-state index is 13.4. The Hall–Kier alpha value is -1.62. The third kappa shape index (κ3) is 2.55. The van der Waals surface area contributed by atoms with E-state index in [1.54, 1.807) is 6.33 Å². The molecule has 3 nitrogen and oxygen atoms in total. The second kappa shape index (κ2) is 4.71. The first-order valence-electron chi connectivity index (χ1n) is 4.95. The van der Waals surface area contributed by atoms with Crippen LogP contribution in [0.5, 0.6) is 0 Å². The average Bonchev–Trinajstić information content (AvgIpc) is 2.62. The Morgan fingerprint density at radius 2 is 2.18 bits per heavy atom. The molecule has 0 fully saturated rings. The number of imidazole rings is 1. The first kappa shape index (κ1) is 11.9. The van der Waals surface area contributed by atoms with Crippen LogP contribution >= 0.6 is 11.6 Å². The van der Waals surface area contributed by atoms with E-state index in [1.165, 1.54) is 0 Å². The van der Waals surface area contributed by atoms with Gasteiger partial charge in [-0.1, -0.05) is 11.6 Å². The third-order valence-electron chi connectivity index (χ3n) is 2.37. The number of anilines is 1. The minimum atomic E-state index is -0.719. The first-order valence-corrected chi connectivity index (χ1v) is 5.33. The molecule has 0 aliphatic rings. The molecule has 0 saturated carbocycles. The smallest absolute Gasteiger partial charge is 0.150 e. The number of nitrogens with one attached hydrogen (secondary N) is 2. The zero-order valence-corrected chi connectivity index (χ0v) is 9.78. The summed E-state index contributed by atoms with van der Waals surface area (Å²) in [5, 5.41) is 2.81. The van der Waals surface area contributed by atoms with Crippen LogP contribution in [-0.2, 0) is 6.54 Å². The molecule has 0 unspecified atom stereocenters. The molecule has 0 amide bonds. The molecule has 0 spiro atoms. The minimum absolute atomic E-state index is 0.00990. The molecule has 0 saturated heterocycles. The van der Waals surface area contributed by atoms with Gasteiger partial charge in [0.05, 0.1) is 29.3 Å². The molecular formula is C11H10ClF2N3. The molecule has 2 rings (SSSR count). The molecule has 2 aromatic rings. The van der Waals surface area contributed by atoms with Gasteiger partial charge in [-0.2, -0.15) is 0 Å². The van der Waals surface area contributed by atoms with Crippen molar-refractivity contribution in [3.8, 4) is 0 Å². The summed E-state index contributed by atoms with van der Waals surface area (Å²) < 4.78 is 26.2. The topological polar surface area (TPSA) is 40.7 Å². The minimum Gasteiger partial charge on any atom is -0.376 e. The number of rotatable bonds is 3. The number of hydrogen-bond donors (Lipinski definition) is 2. The van der Waals surface area contributed by atoms with Gasteiger partial charge in [-0.05, 0) is 13.0 Å². The highest BCUT2D eigenvalue weighted by atomic mass is 35.5. The van der Waals surface area contributed by atoms with Gasteiger partial charge in [-0.3, -0.25) is 0 Å². The van der Waals surface area contributed by atoms with E-state index in [4.69, 9.17) is 11.6 Å². The van der Waals surface area contributed by atoms with Crippen LogP contribution in [0, 0.1) is 18.6 Å². The van der Waals surface area contributed by atoms with Crippen LogP contribution in [-0.4, -0.2) is 9.97 Å². The fourth-order valence-electron chi connectivity index (χ4n) is 1.45. The highest BCUT2D eigenvalue weighted by molar-refractivity contribution is 6.33. The Bertz CT molecular complexity index is 516. The predicted octanol–water partition coefficient (Wildman–Crippen LogP) is 3.26. The average molecular weight is 258 g/mol.